The Balaban J connectivity index is 2.07. The van der Waals surface area contributed by atoms with Gasteiger partial charge in [0.2, 0.25) is 5.82 Å². The molecule has 0 aliphatic rings. The lowest BCUT2D eigenvalue weighted by Crippen LogP contribution is -2.03. The Bertz CT molecular complexity index is 863. The van der Waals surface area contributed by atoms with E-state index < -0.39 is 10.7 Å². The summed E-state index contributed by atoms with van der Waals surface area (Å²) in [6.45, 7) is 0. The highest BCUT2D eigenvalue weighted by atomic mass is 19.1. The van der Waals surface area contributed by atoms with Crippen molar-refractivity contribution >= 4 is 5.69 Å². The van der Waals surface area contributed by atoms with Crippen molar-refractivity contribution < 1.29 is 14.4 Å². The van der Waals surface area contributed by atoms with Crippen molar-refractivity contribution in [2.75, 3.05) is 0 Å². The van der Waals surface area contributed by atoms with Crippen molar-refractivity contribution in [2.45, 2.75) is 0 Å². The fraction of sp³-hybridized carbons (Fsp3) is 0. The first-order chi connectivity index (χ1) is 10.6. The number of nitro groups is 1. The van der Waals surface area contributed by atoms with Crippen LogP contribution in [0.25, 0.3) is 17.1 Å². The second kappa shape index (κ2) is 5.24. The Morgan fingerprint density at radius 1 is 1.27 bits per heavy atom. The third kappa shape index (κ3) is 2.37. The van der Waals surface area contributed by atoms with E-state index in [1.54, 1.807) is 0 Å². The molecule has 3 rings (SSSR count). The Kier molecular flexibility index (Phi) is 3.26. The third-order valence-electron chi connectivity index (χ3n) is 3.00. The van der Waals surface area contributed by atoms with Crippen molar-refractivity contribution in [3.63, 3.8) is 0 Å². The quantitative estimate of drug-likeness (QED) is 0.593. The summed E-state index contributed by atoms with van der Waals surface area (Å²) in [7, 11) is 0. The Labute approximate surface area is 123 Å². The van der Waals surface area contributed by atoms with Gasteiger partial charge in [-0.2, -0.15) is 5.10 Å². The lowest BCUT2D eigenvalue weighted by Gasteiger charge is -2.02. The van der Waals surface area contributed by atoms with Gasteiger partial charge in [-0.1, -0.05) is 0 Å². The summed E-state index contributed by atoms with van der Waals surface area (Å²) in [5.41, 5.74) is 0.246. The van der Waals surface area contributed by atoms with Crippen LogP contribution in [0.15, 0.2) is 48.8 Å². The van der Waals surface area contributed by atoms with Crippen LogP contribution in [-0.4, -0.2) is 24.8 Å². The molecule has 1 aromatic carbocycles. The summed E-state index contributed by atoms with van der Waals surface area (Å²) in [5, 5.41) is 24.3. The number of nitrogens with zero attached hydrogens (tertiary/aromatic N) is 4. The molecule has 8 heteroatoms. The highest BCUT2D eigenvalue weighted by Crippen LogP contribution is 2.26. The first-order valence-corrected chi connectivity index (χ1v) is 6.20. The molecule has 0 saturated heterocycles. The van der Waals surface area contributed by atoms with Crippen molar-refractivity contribution in [3.8, 4) is 22.8 Å². The Morgan fingerprint density at radius 3 is 2.82 bits per heavy atom. The summed E-state index contributed by atoms with van der Waals surface area (Å²) < 4.78 is 15.0. The molecule has 0 fully saturated rings. The third-order valence-corrected chi connectivity index (χ3v) is 3.00. The van der Waals surface area contributed by atoms with Crippen molar-refractivity contribution in [1.29, 1.82) is 0 Å². The average Bonchev–Trinajstić information content (AvgIpc) is 2.96. The topological polar surface area (TPSA) is 94.1 Å². The molecule has 22 heavy (non-hydrogen) atoms. The van der Waals surface area contributed by atoms with Gasteiger partial charge in [-0.15, -0.1) is 0 Å². The van der Waals surface area contributed by atoms with Crippen LogP contribution < -0.4 is 0 Å². The molecule has 0 saturated carbocycles. The molecule has 2 heterocycles. The van der Waals surface area contributed by atoms with Crippen LogP contribution in [0.2, 0.25) is 0 Å². The summed E-state index contributed by atoms with van der Waals surface area (Å²) in [6, 6.07) is 7.95. The van der Waals surface area contributed by atoms with Crippen molar-refractivity contribution in [2.24, 2.45) is 0 Å². The van der Waals surface area contributed by atoms with Gasteiger partial charge in [0.1, 0.15) is 11.6 Å². The number of rotatable bonds is 3. The van der Waals surface area contributed by atoms with E-state index >= 15 is 0 Å². The number of aromatic nitrogens is 3. The minimum Gasteiger partial charge on any atom is -0.508 e. The van der Waals surface area contributed by atoms with Gasteiger partial charge in [-0.25, -0.2) is 14.1 Å². The largest absolute Gasteiger partial charge is 0.508 e. The highest BCUT2D eigenvalue weighted by molar-refractivity contribution is 5.61. The van der Waals surface area contributed by atoms with Gasteiger partial charge in [-0.05, 0) is 24.3 Å². The molecule has 3 aromatic rings. The number of phenolic OH excluding ortho intramolecular Hbond substituents is 1. The minimum absolute atomic E-state index is 0.0398. The smallest absolute Gasteiger partial charge is 0.313 e. The van der Waals surface area contributed by atoms with Gasteiger partial charge in [0.15, 0.2) is 0 Å². The van der Waals surface area contributed by atoms with E-state index in [1.807, 2.05) is 0 Å². The van der Waals surface area contributed by atoms with Crippen molar-refractivity contribution in [1.82, 2.24) is 14.8 Å². The number of hydrogen-bond donors (Lipinski definition) is 1. The number of phenols is 1. The first-order valence-electron chi connectivity index (χ1n) is 6.20. The van der Waals surface area contributed by atoms with Crippen LogP contribution in [0.5, 0.6) is 5.75 Å². The van der Waals surface area contributed by atoms with E-state index in [1.165, 1.54) is 47.4 Å². The lowest BCUT2D eigenvalue weighted by atomic mass is 10.1. The Morgan fingerprint density at radius 2 is 2.09 bits per heavy atom. The number of pyridine rings is 1. The molecule has 2 aromatic heterocycles. The molecule has 0 amide bonds. The maximum absolute atomic E-state index is 13.8. The fourth-order valence-corrected chi connectivity index (χ4v) is 2.00. The molecular formula is C14H9FN4O3. The maximum Gasteiger partial charge on any atom is 0.313 e. The highest BCUT2D eigenvalue weighted by Gasteiger charge is 2.18. The van der Waals surface area contributed by atoms with Gasteiger partial charge in [0.25, 0.3) is 0 Å². The van der Waals surface area contributed by atoms with Crippen LogP contribution in [0.4, 0.5) is 10.1 Å². The van der Waals surface area contributed by atoms with E-state index in [2.05, 4.69) is 10.1 Å². The van der Waals surface area contributed by atoms with Crippen LogP contribution in [-0.2, 0) is 0 Å². The normalized spacial score (nSPS) is 10.6. The predicted octanol–water partition coefficient (Wildman–Crippen LogP) is 2.69. The van der Waals surface area contributed by atoms with Crippen LogP contribution in [0, 0.1) is 15.9 Å². The predicted molar refractivity (Wildman–Crippen MR) is 75.1 cm³/mol. The van der Waals surface area contributed by atoms with E-state index in [-0.39, 0.29) is 28.5 Å². The Hall–Kier alpha value is -3.29. The van der Waals surface area contributed by atoms with Gasteiger partial charge in [-0.3, -0.25) is 10.1 Å². The van der Waals surface area contributed by atoms with E-state index in [4.69, 9.17) is 0 Å². The molecular weight excluding hydrogens is 291 g/mol. The zero-order valence-electron chi connectivity index (χ0n) is 11.0. The standard InChI is InChI=1S/C14H9FN4O3/c15-11-8-9(20)3-4-10(11)12-5-7-18(17-12)14-13(19(21)22)2-1-6-16-14/h1-8,20H. The number of aromatic hydroxyl groups is 1. The van der Waals surface area contributed by atoms with Crippen molar-refractivity contribution in [3.05, 3.63) is 64.7 Å². The number of hydrogen-bond acceptors (Lipinski definition) is 5. The SMILES string of the molecule is O=[N+]([O-])c1cccnc1-n1ccc(-c2ccc(O)cc2F)n1. The minimum atomic E-state index is -0.638. The molecule has 0 bridgehead atoms. The molecule has 7 nitrogen and oxygen atoms in total. The van der Waals surface area contributed by atoms with Crippen LogP contribution in [0.3, 0.4) is 0 Å². The molecule has 0 aliphatic heterocycles. The molecule has 0 spiro atoms. The van der Waals surface area contributed by atoms with Gasteiger partial charge < -0.3 is 5.11 Å². The van der Waals surface area contributed by atoms with Crippen LogP contribution >= 0.6 is 0 Å². The van der Waals surface area contributed by atoms with Gasteiger partial charge in [0, 0.05) is 30.1 Å². The maximum atomic E-state index is 13.8. The second-order valence-electron chi connectivity index (χ2n) is 4.41. The monoisotopic (exact) mass is 300 g/mol. The van der Waals surface area contributed by atoms with E-state index in [9.17, 15) is 19.6 Å². The van der Waals surface area contributed by atoms with Gasteiger partial charge >= 0.3 is 5.69 Å². The van der Waals surface area contributed by atoms with Gasteiger partial charge in [0.05, 0.1) is 10.6 Å². The second-order valence-corrected chi connectivity index (χ2v) is 4.41. The lowest BCUT2D eigenvalue weighted by molar-refractivity contribution is -0.384. The zero-order chi connectivity index (χ0) is 15.7. The molecule has 0 radical (unpaired) electrons. The zero-order valence-corrected chi connectivity index (χ0v) is 11.0. The summed E-state index contributed by atoms with van der Waals surface area (Å²) in [4.78, 5) is 14.4. The molecule has 1 N–H and O–H groups in total. The molecule has 0 aliphatic carbocycles. The molecule has 0 unspecified atom stereocenters. The average molecular weight is 300 g/mol. The van der Waals surface area contributed by atoms with E-state index in [0.717, 1.165) is 6.07 Å². The first kappa shape index (κ1) is 13.7. The molecule has 0 atom stereocenters. The van der Waals surface area contributed by atoms with E-state index in [0.29, 0.717) is 0 Å². The molecule has 110 valence electrons. The summed E-state index contributed by atoms with van der Waals surface area (Å²) >= 11 is 0. The number of halogens is 1. The van der Waals surface area contributed by atoms with Crippen LogP contribution in [0.1, 0.15) is 0 Å². The summed E-state index contributed by atoms with van der Waals surface area (Å²) in [6.07, 6.45) is 2.86. The summed E-state index contributed by atoms with van der Waals surface area (Å²) in [5.74, 6) is -0.792. The number of benzene rings is 1. The fourth-order valence-electron chi connectivity index (χ4n) is 2.00.